The quantitative estimate of drug-likeness (QED) is 0.385. The van der Waals surface area contributed by atoms with Crippen LogP contribution in [0.4, 0.5) is 11.5 Å². The van der Waals surface area contributed by atoms with Gasteiger partial charge in [-0.25, -0.2) is 5.10 Å². The van der Waals surface area contributed by atoms with Crippen molar-refractivity contribution in [1.29, 1.82) is 0 Å². The first-order valence-electron chi connectivity index (χ1n) is 12.9. The van der Waals surface area contributed by atoms with Crippen molar-refractivity contribution in [3.05, 3.63) is 59.8 Å². The van der Waals surface area contributed by atoms with E-state index in [4.69, 9.17) is 9.47 Å². The third-order valence-electron chi connectivity index (χ3n) is 7.23. The Morgan fingerprint density at radius 3 is 2.74 bits per heavy atom. The number of aromatic nitrogens is 6. The van der Waals surface area contributed by atoms with Crippen molar-refractivity contribution in [3.8, 4) is 22.9 Å². The SMILES string of the molecule is CCOc1cc(C(=O)N2CCC3(CC2)CC(=O)c2cc(Nc4ccnn4C)ccc2O3)cc(-c2nnn[nH]2)c1. The number of likely N-dealkylation sites (tertiary alicyclic amines) is 1. The molecule has 2 aliphatic heterocycles. The summed E-state index contributed by atoms with van der Waals surface area (Å²) in [4.78, 5) is 28.5. The molecule has 6 rings (SSSR count). The summed E-state index contributed by atoms with van der Waals surface area (Å²) < 4.78 is 13.9. The van der Waals surface area contributed by atoms with Crippen LogP contribution in [0.15, 0.2) is 48.7 Å². The number of rotatable bonds is 6. The smallest absolute Gasteiger partial charge is 0.254 e. The van der Waals surface area contributed by atoms with E-state index in [0.29, 0.717) is 66.6 Å². The standard InChI is InChI=1S/C27H28N8O4/c1-3-38-20-13-17(25-30-32-33-31-25)12-18(14-20)26(37)35-10-7-27(8-11-35)16-22(36)21-15-19(4-5-23(21)39-27)29-24-6-9-28-34(24)2/h4-6,9,12-15,29H,3,7-8,10-11,16H2,1-2H3,(H,30,31,32,33). The number of carbonyl (C=O) groups is 2. The van der Waals surface area contributed by atoms with Crippen LogP contribution in [0.2, 0.25) is 0 Å². The number of benzene rings is 2. The first-order chi connectivity index (χ1) is 18.9. The number of fused-ring (bicyclic) bond motifs is 1. The second-order valence-electron chi connectivity index (χ2n) is 9.78. The molecule has 1 fully saturated rings. The minimum absolute atomic E-state index is 0.0411. The van der Waals surface area contributed by atoms with E-state index < -0.39 is 5.60 Å². The average Bonchev–Trinajstić information content (AvgIpc) is 3.62. The lowest BCUT2D eigenvalue weighted by molar-refractivity contribution is -0.00570. The maximum absolute atomic E-state index is 13.5. The van der Waals surface area contributed by atoms with Gasteiger partial charge in [-0.15, -0.1) is 5.10 Å². The zero-order chi connectivity index (χ0) is 27.0. The van der Waals surface area contributed by atoms with Crippen molar-refractivity contribution in [2.75, 3.05) is 25.0 Å². The number of anilines is 2. The van der Waals surface area contributed by atoms with Gasteiger partial charge in [0, 0.05) is 55.9 Å². The summed E-state index contributed by atoms with van der Waals surface area (Å²) in [5.74, 6) is 2.35. The molecule has 2 aromatic heterocycles. The van der Waals surface area contributed by atoms with E-state index in [2.05, 4.69) is 31.0 Å². The molecule has 0 radical (unpaired) electrons. The van der Waals surface area contributed by atoms with Crippen molar-refractivity contribution < 1.29 is 19.1 Å². The maximum atomic E-state index is 13.5. The van der Waals surface area contributed by atoms with Gasteiger partial charge >= 0.3 is 0 Å². The van der Waals surface area contributed by atoms with Crippen molar-refractivity contribution in [3.63, 3.8) is 0 Å². The molecule has 12 nitrogen and oxygen atoms in total. The number of hydrogen-bond acceptors (Lipinski definition) is 9. The highest BCUT2D eigenvalue weighted by Gasteiger charge is 2.44. The second kappa shape index (κ2) is 9.86. The molecule has 2 aromatic carbocycles. The summed E-state index contributed by atoms with van der Waals surface area (Å²) in [7, 11) is 1.85. The largest absolute Gasteiger partial charge is 0.494 e. The highest BCUT2D eigenvalue weighted by Crippen LogP contribution is 2.41. The molecule has 200 valence electrons. The van der Waals surface area contributed by atoms with Gasteiger partial charge in [0.2, 0.25) is 0 Å². The predicted octanol–water partition coefficient (Wildman–Crippen LogP) is 3.38. The van der Waals surface area contributed by atoms with Crippen LogP contribution in [0.3, 0.4) is 0 Å². The minimum atomic E-state index is -0.623. The zero-order valence-electron chi connectivity index (χ0n) is 21.7. The Balaban J connectivity index is 1.16. The molecule has 1 amide bonds. The van der Waals surface area contributed by atoms with Gasteiger partial charge in [0.05, 0.1) is 24.8 Å². The van der Waals surface area contributed by atoms with E-state index >= 15 is 0 Å². The number of carbonyl (C=O) groups excluding carboxylic acids is 2. The van der Waals surface area contributed by atoms with Gasteiger partial charge in [-0.05, 0) is 53.7 Å². The number of Topliss-reactive ketones (excluding diaryl/α,β-unsaturated/α-hetero) is 1. The van der Waals surface area contributed by atoms with Crippen LogP contribution >= 0.6 is 0 Å². The van der Waals surface area contributed by atoms with Crippen LogP contribution < -0.4 is 14.8 Å². The lowest BCUT2D eigenvalue weighted by Gasteiger charge is -2.44. The Bertz CT molecular complexity index is 1520. The molecule has 0 saturated carbocycles. The number of piperidine rings is 1. The number of hydrogen-bond donors (Lipinski definition) is 2. The Kier molecular flexibility index (Phi) is 6.21. The minimum Gasteiger partial charge on any atom is -0.494 e. The molecular formula is C27H28N8O4. The number of aryl methyl sites for hydroxylation is 1. The molecule has 0 aliphatic carbocycles. The summed E-state index contributed by atoms with van der Waals surface area (Å²) in [6.45, 7) is 3.29. The van der Waals surface area contributed by atoms with E-state index in [1.807, 2.05) is 38.2 Å². The summed E-state index contributed by atoms with van der Waals surface area (Å²) >= 11 is 0. The molecule has 1 saturated heterocycles. The van der Waals surface area contributed by atoms with Gasteiger partial charge in [0.15, 0.2) is 11.6 Å². The summed E-state index contributed by atoms with van der Waals surface area (Å²) in [6.07, 6.45) is 3.10. The van der Waals surface area contributed by atoms with E-state index in [-0.39, 0.29) is 18.1 Å². The van der Waals surface area contributed by atoms with E-state index in [9.17, 15) is 9.59 Å². The monoisotopic (exact) mass is 528 g/mol. The summed E-state index contributed by atoms with van der Waals surface area (Å²) in [5, 5.41) is 21.4. The number of H-pyrrole nitrogens is 1. The molecule has 2 N–H and O–H groups in total. The van der Waals surface area contributed by atoms with E-state index in [1.54, 1.807) is 34.0 Å². The normalized spacial score (nSPS) is 16.1. The number of nitrogens with zero attached hydrogens (tertiary/aromatic N) is 6. The molecule has 0 bridgehead atoms. The van der Waals surface area contributed by atoms with Gasteiger partial charge in [0.1, 0.15) is 22.9 Å². The van der Waals surface area contributed by atoms with E-state index in [0.717, 1.165) is 11.5 Å². The Labute approximate surface area is 224 Å². The number of ketones is 1. The molecular weight excluding hydrogens is 500 g/mol. The van der Waals surface area contributed by atoms with Gasteiger partial charge in [0.25, 0.3) is 5.91 Å². The molecule has 0 atom stereocenters. The molecule has 0 unspecified atom stereocenters. The van der Waals surface area contributed by atoms with E-state index in [1.165, 1.54) is 0 Å². The number of aromatic amines is 1. The molecule has 12 heteroatoms. The molecule has 1 spiro atoms. The van der Waals surface area contributed by atoms with Gasteiger partial charge in [-0.2, -0.15) is 5.10 Å². The lowest BCUT2D eigenvalue weighted by atomic mass is 9.82. The van der Waals surface area contributed by atoms with Gasteiger partial charge in [-0.1, -0.05) is 0 Å². The highest BCUT2D eigenvalue weighted by molar-refractivity contribution is 6.01. The number of tetrazole rings is 1. The Morgan fingerprint density at radius 2 is 2.03 bits per heavy atom. The lowest BCUT2D eigenvalue weighted by Crippen LogP contribution is -2.52. The van der Waals surface area contributed by atoms with Crippen molar-refractivity contribution in [2.45, 2.75) is 31.8 Å². The van der Waals surface area contributed by atoms with Crippen LogP contribution in [0, 0.1) is 0 Å². The second-order valence-corrected chi connectivity index (χ2v) is 9.78. The predicted molar refractivity (Wildman–Crippen MR) is 141 cm³/mol. The molecule has 4 aromatic rings. The van der Waals surface area contributed by atoms with Crippen LogP contribution in [0.5, 0.6) is 11.5 Å². The fourth-order valence-corrected chi connectivity index (χ4v) is 5.19. The summed E-state index contributed by atoms with van der Waals surface area (Å²) in [5.41, 5.74) is 1.89. The first-order valence-corrected chi connectivity index (χ1v) is 12.9. The first kappa shape index (κ1) is 24.6. The molecule has 39 heavy (non-hydrogen) atoms. The maximum Gasteiger partial charge on any atom is 0.254 e. The highest BCUT2D eigenvalue weighted by atomic mass is 16.5. The van der Waals surface area contributed by atoms with Crippen LogP contribution in [-0.2, 0) is 7.05 Å². The number of ether oxygens (including phenoxy) is 2. The van der Waals surface area contributed by atoms with Gasteiger partial charge < -0.3 is 19.7 Å². The number of nitrogens with one attached hydrogen (secondary N) is 2. The Hall–Kier alpha value is -4.74. The zero-order valence-corrected chi connectivity index (χ0v) is 21.7. The molecule has 2 aliphatic rings. The number of amides is 1. The van der Waals surface area contributed by atoms with Crippen molar-refractivity contribution in [2.24, 2.45) is 7.05 Å². The topological polar surface area (TPSA) is 140 Å². The average molecular weight is 529 g/mol. The van der Waals surface area contributed by atoms with Crippen molar-refractivity contribution >= 4 is 23.2 Å². The summed E-state index contributed by atoms with van der Waals surface area (Å²) in [6, 6.07) is 12.7. The molecule has 4 heterocycles. The fourth-order valence-electron chi connectivity index (χ4n) is 5.19. The third-order valence-corrected chi connectivity index (χ3v) is 7.23. The Morgan fingerprint density at radius 1 is 1.18 bits per heavy atom. The van der Waals surface area contributed by atoms with Crippen LogP contribution in [0.25, 0.3) is 11.4 Å². The van der Waals surface area contributed by atoms with Gasteiger partial charge in [-0.3, -0.25) is 14.3 Å². The van der Waals surface area contributed by atoms with Crippen molar-refractivity contribution in [1.82, 2.24) is 35.3 Å². The van der Waals surface area contributed by atoms with Crippen LogP contribution in [0.1, 0.15) is 46.9 Å². The third kappa shape index (κ3) is 4.80. The fraction of sp³-hybridized carbons (Fsp3) is 0.333. The van der Waals surface area contributed by atoms with Crippen LogP contribution in [-0.4, -0.2) is 72.3 Å².